The molecule has 0 N–H and O–H groups in total. The third kappa shape index (κ3) is 4.80. The largest absolute Gasteiger partial charge is 0.433 e. The maximum atomic E-state index is 11.1. The zero-order valence-electron chi connectivity index (χ0n) is 9.16. The maximum Gasteiger partial charge on any atom is 0.308 e. The van der Waals surface area contributed by atoms with Crippen molar-refractivity contribution >= 4 is 32.2 Å². The van der Waals surface area contributed by atoms with Gasteiger partial charge in [-0.25, -0.2) is 0 Å². The van der Waals surface area contributed by atoms with Gasteiger partial charge in [0.15, 0.2) is 0 Å². The number of unbranched alkanes of at least 4 members (excludes halogenated alkanes) is 1. The molecule has 0 bridgehead atoms. The number of carbonyl (C=O) groups is 1. The number of ether oxygens (including phenoxy) is 2. The Morgan fingerprint density at radius 1 is 1.53 bits per heavy atom. The summed E-state index contributed by atoms with van der Waals surface area (Å²) >= 11 is 0. The van der Waals surface area contributed by atoms with Crippen LogP contribution in [0.1, 0.15) is 39.0 Å². The van der Waals surface area contributed by atoms with E-state index in [4.69, 9.17) is 9.47 Å². The molecule has 0 radical (unpaired) electrons. The van der Waals surface area contributed by atoms with Gasteiger partial charge < -0.3 is 9.47 Å². The molecule has 3 nitrogen and oxygen atoms in total. The highest BCUT2D eigenvalue weighted by molar-refractivity contribution is 8.93. The first kappa shape index (κ1) is 15.3. The number of carbonyl (C=O) groups excluding carboxylic acids is 1. The Kier molecular flexibility index (Phi) is 7.76. The van der Waals surface area contributed by atoms with E-state index in [0.717, 1.165) is 31.8 Å². The SMILES string of the molecule is Br.CCOC1(CCCCP)CCC(=O)O1. The number of esters is 1. The van der Waals surface area contributed by atoms with Crippen LogP contribution < -0.4 is 0 Å². The Morgan fingerprint density at radius 3 is 2.73 bits per heavy atom. The normalized spacial score (nSPS) is 24.8. The fourth-order valence-electron chi connectivity index (χ4n) is 1.75. The first-order valence-electron chi connectivity index (χ1n) is 5.28. The quantitative estimate of drug-likeness (QED) is 0.430. The van der Waals surface area contributed by atoms with Crippen molar-refractivity contribution < 1.29 is 14.3 Å². The summed E-state index contributed by atoms with van der Waals surface area (Å²) in [7, 11) is 2.70. The number of hydrogen-bond donors (Lipinski definition) is 0. The molecular weight excluding hydrogens is 279 g/mol. The molecule has 0 aromatic heterocycles. The number of hydrogen-bond acceptors (Lipinski definition) is 3. The molecule has 0 aromatic carbocycles. The van der Waals surface area contributed by atoms with Crippen LogP contribution in [0.5, 0.6) is 0 Å². The molecule has 1 aliphatic heterocycles. The molecule has 1 aliphatic rings. The van der Waals surface area contributed by atoms with Gasteiger partial charge in [-0.1, -0.05) is 0 Å². The number of halogens is 1. The second kappa shape index (κ2) is 7.59. The minimum absolute atomic E-state index is 0. The monoisotopic (exact) mass is 298 g/mol. The van der Waals surface area contributed by atoms with Gasteiger partial charge in [0, 0.05) is 19.4 Å². The zero-order chi connectivity index (χ0) is 10.4. The Hall–Kier alpha value is 0.340. The van der Waals surface area contributed by atoms with E-state index >= 15 is 0 Å². The molecule has 2 atom stereocenters. The lowest BCUT2D eigenvalue weighted by Crippen LogP contribution is -2.32. The van der Waals surface area contributed by atoms with Crippen LogP contribution >= 0.6 is 26.2 Å². The topological polar surface area (TPSA) is 35.5 Å². The van der Waals surface area contributed by atoms with E-state index in [0.29, 0.717) is 13.0 Å². The highest BCUT2D eigenvalue weighted by Gasteiger charge is 2.40. The van der Waals surface area contributed by atoms with Crippen molar-refractivity contribution in [3.05, 3.63) is 0 Å². The molecule has 1 rings (SSSR count). The predicted octanol–water partition coefficient (Wildman–Crippen LogP) is 2.68. The van der Waals surface area contributed by atoms with Gasteiger partial charge in [0.25, 0.3) is 0 Å². The second-order valence-electron chi connectivity index (χ2n) is 3.56. The fraction of sp³-hybridized carbons (Fsp3) is 0.900. The van der Waals surface area contributed by atoms with E-state index < -0.39 is 5.79 Å². The highest BCUT2D eigenvalue weighted by Crippen LogP contribution is 2.32. The number of cyclic esters (lactones) is 1. The molecule has 1 fully saturated rings. The lowest BCUT2D eigenvalue weighted by Gasteiger charge is -2.27. The average Bonchev–Trinajstić information content (AvgIpc) is 2.49. The van der Waals surface area contributed by atoms with Gasteiger partial charge in [0.2, 0.25) is 5.79 Å². The summed E-state index contributed by atoms with van der Waals surface area (Å²) in [6, 6.07) is 0. The average molecular weight is 299 g/mol. The van der Waals surface area contributed by atoms with Crippen molar-refractivity contribution in [3.63, 3.8) is 0 Å². The van der Waals surface area contributed by atoms with Gasteiger partial charge in [-0.2, -0.15) is 0 Å². The highest BCUT2D eigenvalue weighted by atomic mass is 79.9. The first-order chi connectivity index (χ1) is 6.72. The molecule has 2 unspecified atom stereocenters. The van der Waals surface area contributed by atoms with Crippen LogP contribution in [0.15, 0.2) is 0 Å². The van der Waals surface area contributed by atoms with Crippen LogP contribution in [0, 0.1) is 0 Å². The second-order valence-corrected chi connectivity index (χ2v) is 4.14. The summed E-state index contributed by atoms with van der Waals surface area (Å²) in [6.45, 7) is 2.54. The van der Waals surface area contributed by atoms with Crippen molar-refractivity contribution in [2.45, 2.75) is 44.8 Å². The molecule has 1 saturated heterocycles. The Balaban J connectivity index is 0.00000196. The fourth-order valence-corrected chi connectivity index (χ4v) is 2.04. The first-order valence-corrected chi connectivity index (χ1v) is 6.10. The van der Waals surface area contributed by atoms with E-state index in [-0.39, 0.29) is 23.0 Å². The molecule has 15 heavy (non-hydrogen) atoms. The minimum Gasteiger partial charge on any atom is -0.433 e. The van der Waals surface area contributed by atoms with E-state index in [9.17, 15) is 4.79 Å². The summed E-state index contributed by atoms with van der Waals surface area (Å²) in [6.07, 6.45) is 5.34. The molecular formula is C10H20BrO3P. The van der Waals surface area contributed by atoms with Crippen LogP contribution in [-0.2, 0) is 14.3 Å². The van der Waals surface area contributed by atoms with Crippen molar-refractivity contribution in [1.82, 2.24) is 0 Å². The van der Waals surface area contributed by atoms with Crippen LogP contribution in [0.2, 0.25) is 0 Å². The van der Waals surface area contributed by atoms with Crippen molar-refractivity contribution in [2.75, 3.05) is 12.8 Å². The Morgan fingerprint density at radius 2 is 2.27 bits per heavy atom. The predicted molar refractivity (Wildman–Crippen MR) is 68.4 cm³/mol. The lowest BCUT2D eigenvalue weighted by atomic mass is 10.1. The van der Waals surface area contributed by atoms with Crippen LogP contribution in [-0.4, -0.2) is 24.5 Å². The third-order valence-corrected chi connectivity index (χ3v) is 2.84. The minimum atomic E-state index is -0.592. The summed E-state index contributed by atoms with van der Waals surface area (Å²) in [5, 5.41) is 0. The van der Waals surface area contributed by atoms with E-state index in [1.807, 2.05) is 6.92 Å². The molecule has 0 saturated carbocycles. The van der Waals surface area contributed by atoms with E-state index in [2.05, 4.69) is 9.24 Å². The molecule has 1 heterocycles. The standard InChI is InChI=1S/C10H19O3P.BrH/c1-2-12-10(6-3-4-8-14)7-5-9(11)13-10;/h2-8,14H2,1H3;1H. The molecule has 0 aliphatic carbocycles. The zero-order valence-corrected chi connectivity index (χ0v) is 12.0. The van der Waals surface area contributed by atoms with Crippen molar-refractivity contribution in [2.24, 2.45) is 0 Å². The summed E-state index contributed by atoms with van der Waals surface area (Å²) in [5.74, 6) is -0.713. The van der Waals surface area contributed by atoms with Crippen LogP contribution in [0.4, 0.5) is 0 Å². The molecule has 0 amide bonds. The van der Waals surface area contributed by atoms with E-state index in [1.54, 1.807) is 0 Å². The third-order valence-electron chi connectivity index (χ3n) is 2.43. The van der Waals surface area contributed by atoms with Gasteiger partial charge in [-0.05, 0) is 25.9 Å². The molecule has 90 valence electrons. The molecule has 0 aromatic rings. The smallest absolute Gasteiger partial charge is 0.308 e. The molecule has 0 spiro atoms. The van der Waals surface area contributed by atoms with Crippen molar-refractivity contribution in [1.29, 1.82) is 0 Å². The summed E-state index contributed by atoms with van der Waals surface area (Å²) < 4.78 is 10.8. The summed E-state index contributed by atoms with van der Waals surface area (Å²) in [4.78, 5) is 11.1. The van der Waals surface area contributed by atoms with Gasteiger partial charge in [0.1, 0.15) is 0 Å². The Labute approximate surface area is 104 Å². The van der Waals surface area contributed by atoms with Crippen LogP contribution in [0.25, 0.3) is 0 Å². The van der Waals surface area contributed by atoms with Gasteiger partial charge in [-0.15, -0.1) is 26.2 Å². The summed E-state index contributed by atoms with van der Waals surface area (Å²) in [5.41, 5.74) is 0. The van der Waals surface area contributed by atoms with Gasteiger partial charge in [-0.3, -0.25) is 4.79 Å². The van der Waals surface area contributed by atoms with Gasteiger partial charge >= 0.3 is 5.97 Å². The molecule has 5 heteroatoms. The van der Waals surface area contributed by atoms with Crippen LogP contribution in [0.3, 0.4) is 0 Å². The van der Waals surface area contributed by atoms with Gasteiger partial charge in [0.05, 0.1) is 6.42 Å². The van der Waals surface area contributed by atoms with Crippen molar-refractivity contribution in [3.8, 4) is 0 Å². The number of rotatable bonds is 6. The lowest BCUT2D eigenvalue weighted by molar-refractivity contribution is -0.213. The maximum absolute atomic E-state index is 11.1. The van der Waals surface area contributed by atoms with E-state index in [1.165, 1.54) is 0 Å². The Bertz CT molecular complexity index is 201.